The number of hydrogen-bond donors (Lipinski definition) is 1. The summed E-state index contributed by atoms with van der Waals surface area (Å²) in [7, 11) is 0. The first-order valence-electron chi connectivity index (χ1n) is 9.54. The molecular weight excluding hydrogens is 416 g/mol. The van der Waals surface area contributed by atoms with E-state index in [0.29, 0.717) is 5.69 Å². The van der Waals surface area contributed by atoms with E-state index < -0.39 is 17.4 Å². The second-order valence-electron chi connectivity index (χ2n) is 6.55. The van der Waals surface area contributed by atoms with Crippen molar-refractivity contribution in [3.05, 3.63) is 76.0 Å². The van der Waals surface area contributed by atoms with Gasteiger partial charge in [0, 0.05) is 17.0 Å². The molecule has 4 rings (SSSR count). The van der Waals surface area contributed by atoms with Gasteiger partial charge < -0.3 is 10.1 Å². The van der Waals surface area contributed by atoms with E-state index in [4.69, 9.17) is 4.74 Å². The van der Waals surface area contributed by atoms with E-state index in [1.165, 1.54) is 11.4 Å². The van der Waals surface area contributed by atoms with Crippen LogP contribution in [0.4, 0.5) is 5.13 Å². The number of nitrogens with one attached hydrogen (secondary N) is 1. The van der Waals surface area contributed by atoms with Crippen molar-refractivity contribution in [1.82, 2.24) is 14.8 Å². The maximum absolute atomic E-state index is 12.4. The number of carbonyl (C=O) groups excluding carboxylic acids is 2. The van der Waals surface area contributed by atoms with Crippen molar-refractivity contribution in [3.8, 4) is 11.3 Å². The molecule has 0 aliphatic heterocycles. The Morgan fingerprint density at radius 2 is 1.90 bits per heavy atom. The second-order valence-corrected chi connectivity index (χ2v) is 7.41. The molecule has 0 saturated heterocycles. The summed E-state index contributed by atoms with van der Waals surface area (Å²) in [6.45, 7) is 1.65. The Kier molecular flexibility index (Phi) is 5.85. The van der Waals surface area contributed by atoms with Gasteiger partial charge >= 0.3 is 5.97 Å². The van der Waals surface area contributed by atoms with Crippen molar-refractivity contribution in [2.45, 2.75) is 13.5 Å². The molecule has 2 heterocycles. The summed E-state index contributed by atoms with van der Waals surface area (Å²) in [6.07, 6.45) is 0. The van der Waals surface area contributed by atoms with E-state index in [9.17, 15) is 14.4 Å². The van der Waals surface area contributed by atoms with E-state index in [2.05, 4.69) is 15.4 Å². The number of anilines is 1. The van der Waals surface area contributed by atoms with Gasteiger partial charge in [-0.3, -0.25) is 9.59 Å². The van der Waals surface area contributed by atoms with Gasteiger partial charge in [0.1, 0.15) is 6.54 Å². The van der Waals surface area contributed by atoms with Gasteiger partial charge in [-0.1, -0.05) is 42.5 Å². The first-order valence-corrected chi connectivity index (χ1v) is 10.4. The van der Waals surface area contributed by atoms with Gasteiger partial charge in [-0.25, -0.2) is 14.5 Å². The lowest BCUT2D eigenvalue weighted by Gasteiger charge is -2.09. The summed E-state index contributed by atoms with van der Waals surface area (Å²) >= 11 is 1.10. The normalized spacial score (nSPS) is 10.7. The Hall–Kier alpha value is -3.85. The molecule has 156 valence electrons. The lowest BCUT2D eigenvalue weighted by atomic mass is 10.0. The van der Waals surface area contributed by atoms with Gasteiger partial charge in [0.15, 0.2) is 10.8 Å². The van der Waals surface area contributed by atoms with E-state index in [-0.39, 0.29) is 24.0 Å². The van der Waals surface area contributed by atoms with Crippen LogP contribution in [0.15, 0.2) is 64.8 Å². The molecule has 4 aromatic rings. The van der Waals surface area contributed by atoms with Gasteiger partial charge in [-0.05, 0) is 23.8 Å². The fourth-order valence-electron chi connectivity index (χ4n) is 3.08. The SMILES string of the molecule is CCOC(=O)c1csc(NC(=O)Cn2nc(-c3cccc4ccccc34)ccc2=O)n1. The molecule has 9 heteroatoms. The maximum Gasteiger partial charge on any atom is 0.357 e. The predicted molar refractivity (Wildman–Crippen MR) is 118 cm³/mol. The highest BCUT2D eigenvalue weighted by Crippen LogP contribution is 2.26. The van der Waals surface area contributed by atoms with Crippen molar-refractivity contribution >= 4 is 39.1 Å². The molecule has 0 fully saturated rings. The summed E-state index contributed by atoms with van der Waals surface area (Å²) in [6, 6.07) is 16.8. The van der Waals surface area contributed by atoms with Gasteiger partial charge in [-0.15, -0.1) is 11.3 Å². The largest absolute Gasteiger partial charge is 0.461 e. The Bertz CT molecular complexity index is 1320. The first-order chi connectivity index (χ1) is 15.0. The number of amides is 1. The molecule has 0 unspecified atom stereocenters. The van der Waals surface area contributed by atoms with E-state index >= 15 is 0 Å². The fraction of sp³-hybridized carbons (Fsp3) is 0.136. The standard InChI is InChI=1S/C22H18N4O4S/c1-2-30-21(29)18-13-31-22(23-18)24-19(27)12-26-20(28)11-10-17(25-26)16-9-5-7-14-6-3-4-8-15(14)16/h3-11,13H,2,12H2,1H3,(H,23,24,27). The van der Waals surface area contributed by atoms with Crippen LogP contribution >= 0.6 is 11.3 Å². The Labute approximate surface area is 181 Å². The number of hydrogen-bond acceptors (Lipinski definition) is 7. The smallest absolute Gasteiger partial charge is 0.357 e. The zero-order valence-corrected chi connectivity index (χ0v) is 17.4. The molecule has 1 N–H and O–H groups in total. The molecule has 0 saturated carbocycles. The lowest BCUT2D eigenvalue weighted by molar-refractivity contribution is -0.117. The third-order valence-corrected chi connectivity index (χ3v) is 5.22. The summed E-state index contributed by atoms with van der Waals surface area (Å²) < 4.78 is 5.98. The molecule has 31 heavy (non-hydrogen) atoms. The van der Waals surface area contributed by atoms with Crippen molar-refractivity contribution in [2.75, 3.05) is 11.9 Å². The van der Waals surface area contributed by atoms with Crippen LogP contribution in [0.25, 0.3) is 22.0 Å². The molecule has 0 bridgehead atoms. The third-order valence-electron chi connectivity index (χ3n) is 4.46. The Morgan fingerprint density at radius 3 is 2.74 bits per heavy atom. The zero-order valence-electron chi connectivity index (χ0n) is 16.6. The molecule has 0 aliphatic carbocycles. The zero-order chi connectivity index (χ0) is 21.8. The third kappa shape index (κ3) is 4.51. The quantitative estimate of drug-likeness (QED) is 0.467. The number of nitrogens with zero attached hydrogens (tertiary/aromatic N) is 3. The highest BCUT2D eigenvalue weighted by Gasteiger charge is 2.14. The minimum atomic E-state index is -0.556. The van der Waals surface area contributed by atoms with Crippen LogP contribution in [0.2, 0.25) is 0 Å². The first kappa shape index (κ1) is 20.4. The van der Waals surface area contributed by atoms with Crippen LogP contribution in [0, 0.1) is 0 Å². The molecule has 8 nitrogen and oxygen atoms in total. The maximum atomic E-state index is 12.4. The fourth-order valence-corrected chi connectivity index (χ4v) is 3.78. The minimum Gasteiger partial charge on any atom is -0.461 e. The Morgan fingerprint density at radius 1 is 1.10 bits per heavy atom. The minimum absolute atomic E-state index is 0.121. The number of rotatable bonds is 6. The van der Waals surface area contributed by atoms with Crippen molar-refractivity contribution in [3.63, 3.8) is 0 Å². The van der Waals surface area contributed by atoms with Crippen molar-refractivity contribution in [1.29, 1.82) is 0 Å². The lowest BCUT2D eigenvalue weighted by Crippen LogP contribution is -2.29. The highest BCUT2D eigenvalue weighted by molar-refractivity contribution is 7.14. The van der Waals surface area contributed by atoms with Crippen molar-refractivity contribution < 1.29 is 14.3 Å². The van der Waals surface area contributed by atoms with Gasteiger partial charge in [0.25, 0.3) is 5.56 Å². The molecule has 2 aromatic heterocycles. The number of aromatic nitrogens is 3. The van der Waals surface area contributed by atoms with Crippen LogP contribution in [-0.4, -0.2) is 33.2 Å². The number of fused-ring (bicyclic) bond motifs is 1. The molecule has 0 aliphatic rings. The van der Waals surface area contributed by atoms with E-state index in [1.54, 1.807) is 13.0 Å². The van der Waals surface area contributed by atoms with Gasteiger partial charge in [-0.2, -0.15) is 5.10 Å². The summed E-state index contributed by atoms with van der Waals surface area (Å²) in [5.74, 6) is -1.03. The molecule has 2 aromatic carbocycles. The van der Waals surface area contributed by atoms with Crippen LogP contribution < -0.4 is 10.9 Å². The second kappa shape index (κ2) is 8.88. The summed E-state index contributed by atoms with van der Waals surface area (Å²) in [5.41, 5.74) is 1.18. The molecule has 1 amide bonds. The van der Waals surface area contributed by atoms with Crippen LogP contribution in [0.5, 0.6) is 0 Å². The average molecular weight is 434 g/mol. The molecular formula is C22H18N4O4S. The topological polar surface area (TPSA) is 103 Å². The van der Waals surface area contributed by atoms with Crippen LogP contribution in [0.3, 0.4) is 0 Å². The molecule has 0 atom stereocenters. The molecule has 0 radical (unpaired) electrons. The number of carbonyl (C=O) groups is 2. The molecule has 0 spiro atoms. The van der Waals surface area contributed by atoms with E-state index in [0.717, 1.165) is 32.4 Å². The van der Waals surface area contributed by atoms with Gasteiger partial charge in [0.2, 0.25) is 5.91 Å². The summed E-state index contributed by atoms with van der Waals surface area (Å²) in [4.78, 5) is 40.4. The number of benzene rings is 2. The average Bonchev–Trinajstić information content (AvgIpc) is 3.23. The number of thiazole rings is 1. The summed E-state index contributed by atoms with van der Waals surface area (Å²) in [5, 5.41) is 10.8. The van der Waals surface area contributed by atoms with Crippen LogP contribution in [-0.2, 0) is 16.1 Å². The Balaban J connectivity index is 1.55. The van der Waals surface area contributed by atoms with E-state index in [1.807, 2.05) is 42.5 Å². The van der Waals surface area contributed by atoms with Gasteiger partial charge in [0.05, 0.1) is 12.3 Å². The number of esters is 1. The highest BCUT2D eigenvalue weighted by atomic mass is 32.1. The number of ether oxygens (including phenoxy) is 1. The van der Waals surface area contributed by atoms with Crippen molar-refractivity contribution in [2.24, 2.45) is 0 Å². The van der Waals surface area contributed by atoms with Crippen LogP contribution in [0.1, 0.15) is 17.4 Å². The monoisotopic (exact) mass is 434 g/mol. The predicted octanol–water partition coefficient (Wildman–Crippen LogP) is 3.34.